The lowest BCUT2D eigenvalue weighted by Crippen LogP contribution is -2.47. The van der Waals surface area contributed by atoms with Crippen molar-refractivity contribution in [2.24, 2.45) is 4.99 Å². The van der Waals surface area contributed by atoms with Gasteiger partial charge in [0.2, 0.25) is 0 Å². The zero-order valence-corrected chi connectivity index (χ0v) is 20.7. The number of rotatable bonds is 10. The van der Waals surface area contributed by atoms with Gasteiger partial charge in [0, 0.05) is 32.8 Å². The Kier molecular flexibility index (Phi) is 14.5. The Balaban J connectivity index is 0.00000392. The molecule has 0 amide bonds. The topological polar surface area (TPSA) is 49.3 Å². The fourth-order valence-corrected chi connectivity index (χ4v) is 3.71. The van der Waals surface area contributed by atoms with E-state index in [1.165, 1.54) is 25.7 Å². The van der Waals surface area contributed by atoms with Crippen LogP contribution in [0.4, 0.5) is 0 Å². The van der Waals surface area contributed by atoms with Gasteiger partial charge in [0.05, 0.1) is 25.4 Å². The highest BCUT2D eigenvalue weighted by Gasteiger charge is 2.23. The Morgan fingerprint density at radius 2 is 1.96 bits per heavy atom. The molecule has 1 unspecified atom stereocenters. The lowest BCUT2D eigenvalue weighted by atomic mass is 10.1. The molecule has 0 aromatic heterocycles. The summed E-state index contributed by atoms with van der Waals surface area (Å²) in [7, 11) is 2.19. The fourth-order valence-electron chi connectivity index (χ4n) is 3.71. The summed E-state index contributed by atoms with van der Waals surface area (Å²) >= 11 is 0. The quantitative estimate of drug-likeness (QED) is 0.278. The van der Waals surface area contributed by atoms with E-state index in [-0.39, 0.29) is 24.0 Å². The number of ether oxygens (including phenoxy) is 2. The molecule has 0 aromatic rings. The molecule has 28 heavy (non-hydrogen) atoms. The maximum Gasteiger partial charge on any atom is 0.193 e. The van der Waals surface area contributed by atoms with Crippen LogP contribution in [-0.2, 0) is 9.47 Å². The minimum atomic E-state index is 0. The van der Waals surface area contributed by atoms with Gasteiger partial charge in [0.15, 0.2) is 5.96 Å². The van der Waals surface area contributed by atoms with Crippen LogP contribution in [0, 0.1) is 0 Å². The van der Waals surface area contributed by atoms with Gasteiger partial charge in [0.1, 0.15) is 0 Å². The van der Waals surface area contributed by atoms with Gasteiger partial charge < -0.3 is 24.6 Å². The number of guanidine groups is 1. The first-order valence-corrected chi connectivity index (χ1v) is 11.2. The van der Waals surface area contributed by atoms with Crippen LogP contribution in [0.5, 0.6) is 0 Å². The lowest BCUT2D eigenvalue weighted by molar-refractivity contribution is -0.0721. The second-order valence-electron chi connectivity index (χ2n) is 7.90. The number of hydrogen-bond acceptors (Lipinski definition) is 4. The molecule has 2 aliphatic rings. The molecular weight excluding hydrogens is 467 g/mol. The molecule has 0 spiro atoms. The number of likely N-dealkylation sites (tertiary alicyclic amines) is 1. The number of aliphatic imine (C=N–C) groups is 1. The van der Waals surface area contributed by atoms with E-state index in [4.69, 9.17) is 14.5 Å². The van der Waals surface area contributed by atoms with E-state index in [9.17, 15) is 0 Å². The summed E-state index contributed by atoms with van der Waals surface area (Å²) in [6.07, 6.45) is 9.00. The largest absolute Gasteiger partial charge is 0.376 e. The number of piperidine rings is 1. The molecule has 7 heteroatoms. The van der Waals surface area contributed by atoms with Crippen LogP contribution in [-0.4, -0.2) is 87.5 Å². The third-order valence-corrected chi connectivity index (χ3v) is 5.50. The van der Waals surface area contributed by atoms with E-state index in [1.807, 2.05) is 0 Å². The predicted octanol–water partition coefficient (Wildman–Crippen LogP) is 3.35. The fraction of sp³-hybridized carbons (Fsp3) is 0.952. The molecule has 2 aliphatic heterocycles. The molecule has 0 aromatic carbocycles. The van der Waals surface area contributed by atoms with E-state index in [1.54, 1.807) is 0 Å². The third kappa shape index (κ3) is 10.1. The Bertz CT molecular complexity index is 411. The highest BCUT2D eigenvalue weighted by Crippen LogP contribution is 2.18. The van der Waals surface area contributed by atoms with Crippen molar-refractivity contribution in [2.75, 3.05) is 59.5 Å². The van der Waals surface area contributed by atoms with Crippen molar-refractivity contribution < 1.29 is 9.47 Å². The molecule has 2 heterocycles. The highest BCUT2D eigenvalue weighted by atomic mass is 127. The molecule has 1 atom stereocenters. The van der Waals surface area contributed by atoms with E-state index in [0.29, 0.717) is 12.2 Å². The van der Waals surface area contributed by atoms with Crippen LogP contribution in [0.1, 0.15) is 58.8 Å². The highest BCUT2D eigenvalue weighted by molar-refractivity contribution is 14.0. The average molecular weight is 511 g/mol. The van der Waals surface area contributed by atoms with Crippen molar-refractivity contribution >= 4 is 29.9 Å². The first kappa shape index (κ1) is 25.9. The number of nitrogens with zero attached hydrogens (tertiary/aromatic N) is 3. The van der Waals surface area contributed by atoms with Crippen LogP contribution < -0.4 is 5.32 Å². The van der Waals surface area contributed by atoms with Gasteiger partial charge in [-0.05, 0) is 59.0 Å². The molecule has 1 N–H and O–H groups in total. The number of unbranched alkanes of at least 4 members (excludes halogenated alkanes) is 1. The Hall–Kier alpha value is -0.120. The molecule has 2 rings (SSSR count). The standard InChI is InChI=1S/C21H42N4O2.HI/c1-4-6-13-24(3)16-12-23-21(22-5-2)25-14-10-19(11-15-25)27-18-20-9-7-8-17-26-20;/h19-20H,4-18H2,1-3H3,(H,22,23);1H. The number of halogens is 1. The van der Waals surface area contributed by atoms with Crippen LogP contribution in [0.15, 0.2) is 4.99 Å². The first-order chi connectivity index (χ1) is 13.2. The van der Waals surface area contributed by atoms with E-state index >= 15 is 0 Å². The summed E-state index contributed by atoms with van der Waals surface area (Å²) in [5.74, 6) is 1.07. The molecule has 166 valence electrons. The summed E-state index contributed by atoms with van der Waals surface area (Å²) in [5.41, 5.74) is 0. The Morgan fingerprint density at radius 3 is 2.61 bits per heavy atom. The van der Waals surface area contributed by atoms with Crippen LogP contribution >= 0.6 is 24.0 Å². The Morgan fingerprint density at radius 1 is 1.18 bits per heavy atom. The molecule has 0 aliphatic carbocycles. The lowest BCUT2D eigenvalue weighted by Gasteiger charge is -2.35. The normalized spacial score (nSPS) is 21.6. The van der Waals surface area contributed by atoms with E-state index in [2.05, 4.69) is 36.0 Å². The smallest absolute Gasteiger partial charge is 0.193 e. The molecular formula is C21H43IN4O2. The summed E-state index contributed by atoms with van der Waals surface area (Å²) in [5, 5.41) is 3.46. The molecule has 0 radical (unpaired) electrons. The summed E-state index contributed by atoms with van der Waals surface area (Å²) in [4.78, 5) is 9.63. The third-order valence-electron chi connectivity index (χ3n) is 5.50. The molecule has 6 nitrogen and oxygen atoms in total. The second kappa shape index (κ2) is 15.7. The van der Waals surface area contributed by atoms with Gasteiger partial charge in [0.25, 0.3) is 0 Å². The van der Waals surface area contributed by atoms with Crippen LogP contribution in [0.25, 0.3) is 0 Å². The van der Waals surface area contributed by atoms with Gasteiger partial charge in [-0.3, -0.25) is 4.99 Å². The Labute approximate surface area is 189 Å². The molecule has 2 fully saturated rings. The van der Waals surface area contributed by atoms with Crippen molar-refractivity contribution in [3.8, 4) is 0 Å². The van der Waals surface area contributed by atoms with E-state index < -0.39 is 0 Å². The second-order valence-corrected chi connectivity index (χ2v) is 7.90. The zero-order chi connectivity index (χ0) is 19.3. The zero-order valence-electron chi connectivity index (χ0n) is 18.3. The SMILES string of the molecule is CCCCN(C)CCN=C(NCC)N1CCC(OCC2CCCCO2)CC1.I. The predicted molar refractivity (Wildman–Crippen MR) is 128 cm³/mol. The average Bonchev–Trinajstić information content (AvgIpc) is 2.71. The van der Waals surface area contributed by atoms with Crippen molar-refractivity contribution in [2.45, 2.75) is 71.0 Å². The number of hydrogen-bond donors (Lipinski definition) is 1. The van der Waals surface area contributed by atoms with Crippen molar-refractivity contribution in [3.63, 3.8) is 0 Å². The minimum absolute atomic E-state index is 0. The molecule has 0 saturated carbocycles. The minimum Gasteiger partial charge on any atom is -0.376 e. The van der Waals surface area contributed by atoms with Gasteiger partial charge >= 0.3 is 0 Å². The maximum atomic E-state index is 6.14. The van der Waals surface area contributed by atoms with Crippen LogP contribution in [0.2, 0.25) is 0 Å². The van der Waals surface area contributed by atoms with E-state index in [0.717, 1.165) is 77.7 Å². The first-order valence-electron chi connectivity index (χ1n) is 11.2. The van der Waals surface area contributed by atoms with Crippen LogP contribution in [0.3, 0.4) is 0 Å². The maximum absolute atomic E-state index is 6.14. The molecule has 2 saturated heterocycles. The van der Waals surface area contributed by atoms with Gasteiger partial charge in [-0.1, -0.05) is 13.3 Å². The van der Waals surface area contributed by atoms with Gasteiger partial charge in [-0.15, -0.1) is 24.0 Å². The van der Waals surface area contributed by atoms with Crippen molar-refractivity contribution in [1.29, 1.82) is 0 Å². The summed E-state index contributed by atoms with van der Waals surface area (Å²) < 4.78 is 11.9. The monoisotopic (exact) mass is 510 g/mol. The number of likely N-dealkylation sites (N-methyl/N-ethyl adjacent to an activating group) is 1. The van der Waals surface area contributed by atoms with Crippen molar-refractivity contribution in [3.05, 3.63) is 0 Å². The van der Waals surface area contributed by atoms with Crippen molar-refractivity contribution in [1.82, 2.24) is 15.1 Å². The molecule has 0 bridgehead atoms. The van der Waals surface area contributed by atoms with Gasteiger partial charge in [-0.25, -0.2) is 0 Å². The summed E-state index contributed by atoms with van der Waals surface area (Å²) in [6.45, 7) is 12.1. The summed E-state index contributed by atoms with van der Waals surface area (Å²) in [6, 6.07) is 0. The van der Waals surface area contributed by atoms with Gasteiger partial charge in [-0.2, -0.15) is 0 Å². The number of nitrogens with one attached hydrogen (secondary N) is 1.